The highest BCUT2D eigenvalue weighted by molar-refractivity contribution is 6.09. The molecule has 236 valence electrons. The van der Waals surface area contributed by atoms with Crippen LogP contribution in [0.4, 0.5) is 5.69 Å². The van der Waals surface area contributed by atoms with Gasteiger partial charge in [0.1, 0.15) is 11.7 Å². The van der Waals surface area contributed by atoms with Crippen molar-refractivity contribution >= 4 is 17.5 Å². The van der Waals surface area contributed by atoms with E-state index < -0.39 is 36.1 Å². The second kappa shape index (κ2) is 13.7. The molecule has 0 saturated carbocycles. The Bertz CT molecular complexity index is 1570. The Morgan fingerprint density at radius 3 is 2.49 bits per heavy atom. The number of nitrogens with zero attached hydrogens (tertiary/aromatic N) is 4. The Labute approximate surface area is 264 Å². The van der Waals surface area contributed by atoms with Crippen LogP contribution in [0.1, 0.15) is 65.6 Å². The first-order valence-corrected chi connectivity index (χ1v) is 15.2. The fourth-order valence-corrected chi connectivity index (χ4v) is 5.79. The standard InChI is InChI=1S/C35H42N6O4/c1-35(2,3)25-12-14-26(15-13-25)41(34(44)29-19-37-22-38-29)32(24-10-8-16-36-18-24)33(43)39-31-28-11-7-6-9-23(28)17-30(31)45-21-27(42)20-40(4)5/h6-16,18-19,22,27,30-32,42H,17,20-21H2,1-5H3,(H,37,38)(H,39,43)/t27-,30-,31+,32?/m0/s1. The summed E-state index contributed by atoms with van der Waals surface area (Å²) in [5.74, 6) is -0.828. The maximum atomic E-state index is 14.6. The molecule has 2 heterocycles. The number of rotatable bonds is 11. The van der Waals surface area contributed by atoms with Gasteiger partial charge in [0.15, 0.2) is 0 Å². The van der Waals surface area contributed by atoms with Gasteiger partial charge in [-0.3, -0.25) is 19.5 Å². The van der Waals surface area contributed by atoms with E-state index in [9.17, 15) is 14.7 Å². The molecular formula is C35H42N6O4. The number of H-pyrrole nitrogens is 1. The zero-order valence-corrected chi connectivity index (χ0v) is 26.5. The first kappa shape index (κ1) is 32.0. The molecule has 1 aliphatic carbocycles. The van der Waals surface area contributed by atoms with Crippen molar-refractivity contribution in [3.05, 3.63) is 114 Å². The smallest absolute Gasteiger partial charge is 0.279 e. The number of nitrogens with one attached hydrogen (secondary N) is 2. The van der Waals surface area contributed by atoms with E-state index in [2.05, 4.69) is 41.0 Å². The summed E-state index contributed by atoms with van der Waals surface area (Å²) in [6.07, 6.45) is 5.69. The number of hydrogen-bond acceptors (Lipinski definition) is 7. The summed E-state index contributed by atoms with van der Waals surface area (Å²) in [4.78, 5) is 43.5. The van der Waals surface area contributed by atoms with Gasteiger partial charge in [-0.05, 0) is 54.4 Å². The number of anilines is 1. The van der Waals surface area contributed by atoms with Crippen LogP contribution in [0.15, 0.2) is 85.6 Å². The van der Waals surface area contributed by atoms with E-state index in [-0.39, 0.29) is 17.7 Å². The average Bonchev–Trinajstić information content (AvgIpc) is 3.67. The number of amides is 2. The molecule has 5 rings (SSSR count). The molecule has 3 N–H and O–H groups in total. The minimum Gasteiger partial charge on any atom is -0.389 e. The molecular weight excluding hydrogens is 568 g/mol. The van der Waals surface area contributed by atoms with Crippen LogP contribution >= 0.6 is 0 Å². The number of benzene rings is 2. The Hall–Kier alpha value is -4.38. The van der Waals surface area contributed by atoms with Crippen LogP contribution in [0.2, 0.25) is 0 Å². The van der Waals surface area contributed by atoms with Crippen LogP contribution in [0.5, 0.6) is 0 Å². The van der Waals surface area contributed by atoms with E-state index in [4.69, 9.17) is 4.74 Å². The normalized spacial score (nSPS) is 17.5. The van der Waals surface area contributed by atoms with Crippen molar-refractivity contribution in [1.82, 2.24) is 25.2 Å². The highest BCUT2D eigenvalue weighted by atomic mass is 16.5. The lowest BCUT2D eigenvalue weighted by molar-refractivity contribution is -0.124. The Kier molecular flexibility index (Phi) is 9.77. The number of aliphatic hydroxyl groups excluding tert-OH is 1. The number of aliphatic hydroxyl groups is 1. The molecule has 4 atom stereocenters. The molecule has 0 saturated heterocycles. The lowest BCUT2D eigenvalue weighted by Crippen LogP contribution is -2.47. The van der Waals surface area contributed by atoms with Gasteiger partial charge in [0, 0.05) is 42.8 Å². The number of pyridine rings is 1. The van der Waals surface area contributed by atoms with E-state index in [1.165, 1.54) is 17.4 Å². The largest absolute Gasteiger partial charge is 0.389 e. The van der Waals surface area contributed by atoms with Gasteiger partial charge in [-0.2, -0.15) is 0 Å². The number of aromatic nitrogens is 3. The second-order valence-corrected chi connectivity index (χ2v) is 12.8. The van der Waals surface area contributed by atoms with Crippen molar-refractivity contribution < 1.29 is 19.4 Å². The molecule has 0 radical (unpaired) electrons. The summed E-state index contributed by atoms with van der Waals surface area (Å²) in [6, 6.07) is 17.6. The maximum absolute atomic E-state index is 14.6. The lowest BCUT2D eigenvalue weighted by atomic mass is 9.87. The quantitative estimate of drug-likeness (QED) is 0.233. The summed E-state index contributed by atoms with van der Waals surface area (Å²) < 4.78 is 6.25. The molecule has 2 aromatic heterocycles. The molecule has 2 aromatic carbocycles. The molecule has 4 aromatic rings. The maximum Gasteiger partial charge on any atom is 0.279 e. The summed E-state index contributed by atoms with van der Waals surface area (Å²) in [6.45, 7) is 6.95. The number of aromatic amines is 1. The molecule has 0 bridgehead atoms. The highest BCUT2D eigenvalue weighted by Gasteiger charge is 2.40. The Balaban J connectivity index is 1.53. The van der Waals surface area contributed by atoms with Crippen LogP contribution < -0.4 is 10.2 Å². The third-order valence-corrected chi connectivity index (χ3v) is 8.01. The first-order chi connectivity index (χ1) is 21.5. The molecule has 1 unspecified atom stereocenters. The highest BCUT2D eigenvalue weighted by Crippen LogP contribution is 2.36. The number of carbonyl (C=O) groups is 2. The lowest BCUT2D eigenvalue weighted by Gasteiger charge is -2.33. The van der Waals surface area contributed by atoms with E-state index in [0.717, 1.165) is 16.7 Å². The van der Waals surface area contributed by atoms with E-state index in [1.54, 1.807) is 24.5 Å². The van der Waals surface area contributed by atoms with Crippen LogP contribution in [0.25, 0.3) is 0 Å². The summed E-state index contributed by atoms with van der Waals surface area (Å²) in [5, 5.41) is 13.7. The summed E-state index contributed by atoms with van der Waals surface area (Å²) in [5.41, 5.74) is 4.28. The van der Waals surface area contributed by atoms with Crippen molar-refractivity contribution in [2.75, 3.05) is 32.1 Å². The molecule has 45 heavy (non-hydrogen) atoms. The van der Waals surface area contributed by atoms with Gasteiger partial charge in [0.05, 0.1) is 31.2 Å². The minimum absolute atomic E-state index is 0.0965. The third-order valence-electron chi connectivity index (χ3n) is 8.01. The summed E-state index contributed by atoms with van der Waals surface area (Å²) >= 11 is 0. The predicted molar refractivity (Wildman–Crippen MR) is 173 cm³/mol. The van der Waals surface area contributed by atoms with Gasteiger partial charge < -0.3 is 25.0 Å². The number of hydrogen-bond donors (Lipinski definition) is 3. The topological polar surface area (TPSA) is 124 Å². The zero-order chi connectivity index (χ0) is 32.1. The van der Waals surface area contributed by atoms with E-state index in [0.29, 0.717) is 24.2 Å². The van der Waals surface area contributed by atoms with E-state index >= 15 is 0 Å². The fourth-order valence-electron chi connectivity index (χ4n) is 5.79. The van der Waals surface area contributed by atoms with E-state index in [1.807, 2.05) is 67.5 Å². The van der Waals surface area contributed by atoms with Gasteiger partial charge in [-0.1, -0.05) is 63.2 Å². The number of ether oxygens (including phenoxy) is 1. The van der Waals surface area contributed by atoms with Crippen LogP contribution in [0, 0.1) is 0 Å². The van der Waals surface area contributed by atoms with Crippen molar-refractivity contribution in [2.24, 2.45) is 0 Å². The van der Waals surface area contributed by atoms with Crippen molar-refractivity contribution in [2.45, 2.75) is 56.9 Å². The van der Waals surface area contributed by atoms with Crippen molar-refractivity contribution in [3.63, 3.8) is 0 Å². The number of imidazole rings is 1. The predicted octanol–water partition coefficient (Wildman–Crippen LogP) is 4.21. The number of carbonyl (C=O) groups excluding carboxylic acids is 2. The van der Waals surface area contributed by atoms with Crippen molar-refractivity contribution in [1.29, 1.82) is 0 Å². The van der Waals surface area contributed by atoms with Gasteiger partial charge in [-0.15, -0.1) is 0 Å². The number of likely N-dealkylation sites (N-methyl/N-ethyl adjacent to an activating group) is 1. The Morgan fingerprint density at radius 2 is 1.84 bits per heavy atom. The minimum atomic E-state index is -1.07. The second-order valence-electron chi connectivity index (χ2n) is 12.8. The van der Waals surface area contributed by atoms with Gasteiger partial charge in [-0.25, -0.2) is 4.98 Å². The summed E-state index contributed by atoms with van der Waals surface area (Å²) in [7, 11) is 3.78. The third kappa shape index (κ3) is 7.47. The van der Waals surface area contributed by atoms with Gasteiger partial charge in [0.25, 0.3) is 5.91 Å². The Morgan fingerprint density at radius 1 is 1.09 bits per heavy atom. The zero-order valence-electron chi connectivity index (χ0n) is 26.5. The molecule has 0 spiro atoms. The van der Waals surface area contributed by atoms with Crippen LogP contribution in [0.3, 0.4) is 0 Å². The molecule has 2 amide bonds. The molecule has 10 heteroatoms. The SMILES string of the molecule is CN(C)C[C@H](O)CO[C@H]1Cc2ccccc2[C@H]1NC(=O)C(c1cccnc1)N(C(=O)c1c[nH]cn1)c1ccc(C(C)(C)C)cc1. The van der Waals surface area contributed by atoms with Gasteiger partial charge in [0.2, 0.25) is 5.91 Å². The average molecular weight is 611 g/mol. The van der Waals surface area contributed by atoms with Crippen LogP contribution in [-0.2, 0) is 21.4 Å². The first-order valence-electron chi connectivity index (χ1n) is 15.2. The van der Waals surface area contributed by atoms with Crippen LogP contribution in [-0.4, -0.2) is 76.2 Å². The van der Waals surface area contributed by atoms with Crippen molar-refractivity contribution in [3.8, 4) is 0 Å². The monoisotopic (exact) mass is 610 g/mol. The fraction of sp³-hybridized carbons (Fsp3) is 0.371. The molecule has 1 aliphatic rings. The molecule has 0 aliphatic heterocycles. The van der Waals surface area contributed by atoms with Gasteiger partial charge >= 0.3 is 0 Å². The molecule has 10 nitrogen and oxygen atoms in total. The molecule has 0 fully saturated rings. The number of fused-ring (bicyclic) bond motifs is 1.